The highest BCUT2D eigenvalue weighted by Crippen LogP contribution is 2.27. The zero-order valence-corrected chi connectivity index (χ0v) is 11.6. The summed E-state index contributed by atoms with van der Waals surface area (Å²) in [4.78, 5) is 0. The lowest BCUT2D eigenvalue weighted by atomic mass is 10.1. The van der Waals surface area contributed by atoms with Crippen molar-refractivity contribution in [3.8, 4) is 0 Å². The molecule has 0 bridgehead atoms. The fraction of sp³-hybridized carbons (Fsp3) is 0.143. The smallest absolute Gasteiger partial charge is 0.126 e. The normalized spacial score (nSPS) is 12.3. The Kier molecular flexibility index (Phi) is 4.14. The van der Waals surface area contributed by atoms with Crippen molar-refractivity contribution in [1.82, 2.24) is 0 Å². The van der Waals surface area contributed by atoms with Gasteiger partial charge < -0.3 is 5.32 Å². The van der Waals surface area contributed by atoms with Gasteiger partial charge in [-0.1, -0.05) is 0 Å². The number of rotatable bonds is 3. The van der Waals surface area contributed by atoms with Crippen LogP contribution in [0.5, 0.6) is 0 Å². The second-order valence-corrected chi connectivity index (χ2v) is 5.05. The second kappa shape index (κ2) is 5.65. The third kappa shape index (κ3) is 3.50. The van der Waals surface area contributed by atoms with E-state index in [1.165, 1.54) is 24.3 Å². The fourth-order valence-corrected chi connectivity index (χ4v) is 2.11. The lowest BCUT2D eigenvalue weighted by Crippen LogP contribution is -2.08. The van der Waals surface area contributed by atoms with E-state index in [9.17, 15) is 13.2 Å². The van der Waals surface area contributed by atoms with E-state index in [0.29, 0.717) is 15.7 Å². The molecule has 0 aliphatic heterocycles. The van der Waals surface area contributed by atoms with Crippen LogP contribution in [0, 0.1) is 17.5 Å². The molecule has 1 N–H and O–H groups in total. The molecule has 0 radical (unpaired) electrons. The van der Waals surface area contributed by atoms with Crippen molar-refractivity contribution < 1.29 is 13.2 Å². The topological polar surface area (TPSA) is 12.0 Å². The Hall–Kier alpha value is -1.49. The van der Waals surface area contributed by atoms with E-state index in [4.69, 9.17) is 0 Å². The zero-order valence-electron chi connectivity index (χ0n) is 10.1. The molecule has 2 aromatic rings. The van der Waals surface area contributed by atoms with E-state index in [1.807, 2.05) is 0 Å². The minimum absolute atomic E-state index is 0.358. The maximum atomic E-state index is 13.1. The van der Waals surface area contributed by atoms with Gasteiger partial charge in [-0.05, 0) is 58.7 Å². The van der Waals surface area contributed by atoms with E-state index in [-0.39, 0.29) is 11.9 Å². The lowest BCUT2D eigenvalue weighted by molar-refractivity contribution is 0.577. The molecule has 100 valence electrons. The van der Waals surface area contributed by atoms with Crippen molar-refractivity contribution in [2.75, 3.05) is 5.32 Å². The predicted octanol–water partition coefficient (Wildman–Crippen LogP) is 5.04. The second-order valence-electron chi connectivity index (χ2n) is 4.19. The fourth-order valence-electron chi connectivity index (χ4n) is 1.75. The first-order chi connectivity index (χ1) is 8.95. The van der Waals surface area contributed by atoms with Crippen LogP contribution in [0.25, 0.3) is 0 Å². The Morgan fingerprint density at radius 2 is 1.58 bits per heavy atom. The van der Waals surface area contributed by atoms with Crippen LogP contribution >= 0.6 is 15.9 Å². The Bertz CT molecular complexity index is 581. The molecule has 0 saturated heterocycles. The molecule has 0 aliphatic carbocycles. The molecule has 2 rings (SSSR count). The minimum Gasteiger partial charge on any atom is -0.378 e. The van der Waals surface area contributed by atoms with Crippen LogP contribution in [-0.2, 0) is 0 Å². The van der Waals surface area contributed by atoms with Gasteiger partial charge in [0.15, 0.2) is 0 Å². The first kappa shape index (κ1) is 13.9. The van der Waals surface area contributed by atoms with Gasteiger partial charge in [0.05, 0.1) is 5.69 Å². The molecule has 2 aromatic carbocycles. The standard InChI is InChI=1S/C14H11BrF3N/c1-8(9-4-11(17)6-12(18)5-9)19-14-7-10(16)2-3-13(14)15/h2-8,19H,1H3. The number of nitrogens with one attached hydrogen (secondary N) is 1. The quantitative estimate of drug-likeness (QED) is 0.831. The molecule has 0 saturated carbocycles. The summed E-state index contributed by atoms with van der Waals surface area (Å²) in [7, 11) is 0. The lowest BCUT2D eigenvalue weighted by Gasteiger charge is -2.17. The number of hydrogen-bond acceptors (Lipinski definition) is 1. The molecule has 0 heterocycles. The maximum Gasteiger partial charge on any atom is 0.126 e. The monoisotopic (exact) mass is 329 g/mol. The van der Waals surface area contributed by atoms with Crippen LogP contribution in [0.15, 0.2) is 40.9 Å². The number of hydrogen-bond donors (Lipinski definition) is 1. The van der Waals surface area contributed by atoms with Gasteiger partial charge in [0.2, 0.25) is 0 Å². The average molecular weight is 330 g/mol. The molecule has 1 nitrogen and oxygen atoms in total. The molecule has 0 amide bonds. The van der Waals surface area contributed by atoms with Crippen molar-refractivity contribution in [1.29, 1.82) is 0 Å². The SMILES string of the molecule is CC(Nc1cc(F)ccc1Br)c1cc(F)cc(F)c1. The van der Waals surface area contributed by atoms with E-state index in [0.717, 1.165) is 6.07 Å². The van der Waals surface area contributed by atoms with E-state index < -0.39 is 11.6 Å². The van der Waals surface area contributed by atoms with Gasteiger partial charge in [-0.2, -0.15) is 0 Å². The number of halogens is 4. The summed E-state index contributed by atoms with van der Waals surface area (Å²) < 4.78 is 40.1. The highest BCUT2D eigenvalue weighted by molar-refractivity contribution is 9.10. The molecule has 0 fully saturated rings. The van der Waals surface area contributed by atoms with Gasteiger partial charge in [0.25, 0.3) is 0 Å². The first-order valence-electron chi connectivity index (χ1n) is 5.63. The van der Waals surface area contributed by atoms with E-state index in [2.05, 4.69) is 21.2 Å². The van der Waals surface area contributed by atoms with Crippen LogP contribution in [0.3, 0.4) is 0 Å². The average Bonchev–Trinajstić information content (AvgIpc) is 2.32. The van der Waals surface area contributed by atoms with E-state index >= 15 is 0 Å². The largest absolute Gasteiger partial charge is 0.378 e. The first-order valence-corrected chi connectivity index (χ1v) is 6.42. The molecule has 0 spiro atoms. The highest BCUT2D eigenvalue weighted by Gasteiger charge is 2.10. The third-order valence-electron chi connectivity index (χ3n) is 2.69. The predicted molar refractivity (Wildman–Crippen MR) is 72.5 cm³/mol. The van der Waals surface area contributed by atoms with Crippen LogP contribution in [-0.4, -0.2) is 0 Å². The van der Waals surface area contributed by atoms with E-state index in [1.54, 1.807) is 13.0 Å². The molecule has 0 aliphatic rings. The van der Waals surface area contributed by atoms with Crippen molar-refractivity contribution in [2.45, 2.75) is 13.0 Å². The van der Waals surface area contributed by atoms with Crippen LogP contribution in [0.4, 0.5) is 18.9 Å². The van der Waals surface area contributed by atoms with Crippen molar-refractivity contribution in [3.05, 3.63) is 63.9 Å². The zero-order chi connectivity index (χ0) is 14.0. The van der Waals surface area contributed by atoms with Gasteiger partial charge in [-0.25, -0.2) is 13.2 Å². The van der Waals surface area contributed by atoms with Crippen molar-refractivity contribution in [3.63, 3.8) is 0 Å². The Morgan fingerprint density at radius 1 is 0.947 bits per heavy atom. The molecule has 1 atom stereocenters. The Balaban J connectivity index is 2.25. The van der Waals surface area contributed by atoms with Gasteiger partial charge in [-0.3, -0.25) is 0 Å². The van der Waals surface area contributed by atoms with Crippen LogP contribution in [0.1, 0.15) is 18.5 Å². The summed E-state index contributed by atoms with van der Waals surface area (Å²) in [6.07, 6.45) is 0. The van der Waals surface area contributed by atoms with Crippen molar-refractivity contribution in [2.24, 2.45) is 0 Å². The molecule has 0 aromatic heterocycles. The summed E-state index contributed by atoms with van der Waals surface area (Å²) in [5.41, 5.74) is 0.978. The molecule has 19 heavy (non-hydrogen) atoms. The third-order valence-corrected chi connectivity index (χ3v) is 3.38. The van der Waals surface area contributed by atoms with Crippen LogP contribution < -0.4 is 5.32 Å². The van der Waals surface area contributed by atoms with Crippen LogP contribution in [0.2, 0.25) is 0 Å². The highest BCUT2D eigenvalue weighted by atomic mass is 79.9. The van der Waals surface area contributed by atoms with Gasteiger partial charge in [0.1, 0.15) is 17.5 Å². The number of benzene rings is 2. The maximum absolute atomic E-state index is 13.1. The Labute approximate surface area is 117 Å². The summed E-state index contributed by atoms with van der Waals surface area (Å²) >= 11 is 3.28. The molecular formula is C14H11BrF3N. The van der Waals surface area contributed by atoms with Gasteiger partial charge in [0, 0.05) is 16.6 Å². The summed E-state index contributed by atoms with van der Waals surface area (Å²) in [6.45, 7) is 1.74. The van der Waals surface area contributed by atoms with Gasteiger partial charge in [-0.15, -0.1) is 0 Å². The summed E-state index contributed by atoms with van der Waals surface area (Å²) in [6, 6.07) is 7.15. The molecule has 1 unspecified atom stereocenters. The summed E-state index contributed by atoms with van der Waals surface area (Å²) in [5.74, 6) is -1.66. The molecular weight excluding hydrogens is 319 g/mol. The number of anilines is 1. The van der Waals surface area contributed by atoms with Gasteiger partial charge >= 0.3 is 0 Å². The summed E-state index contributed by atoms with van der Waals surface area (Å²) in [5, 5.41) is 3.00. The minimum atomic E-state index is -0.637. The van der Waals surface area contributed by atoms with Crippen molar-refractivity contribution >= 4 is 21.6 Å². The Morgan fingerprint density at radius 3 is 2.21 bits per heavy atom. The molecule has 5 heteroatoms.